The summed E-state index contributed by atoms with van der Waals surface area (Å²) in [5, 5.41) is 6.36. The average Bonchev–Trinajstić information content (AvgIpc) is 2.71. The van der Waals surface area contributed by atoms with E-state index in [-0.39, 0.29) is 11.8 Å². The van der Waals surface area contributed by atoms with Gasteiger partial charge in [-0.3, -0.25) is 9.59 Å². The molecule has 0 unspecified atom stereocenters. The number of nitrogens with one attached hydrogen (secondary N) is 2. The van der Waals surface area contributed by atoms with Crippen LogP contribution in [0.2, 0.25) is 0 Å². The van der Waals surface area contributed by atoms with E-state index < -0.39 is 0 Å². The van der Waals surface area contributed by atoms with E-state index in [2.05, 4.69) is 55.1 Å². The second kappa shape index (κ2) is 11.9. The fourth-order valence-electron chi connectivity index (χ4n) is 3.65. The zero-order valence-corrected chi connectivity index (χ0v) is 19.3. The fourth-order valence-corrected chi connectivity index (χ4v) is 3.65. The molecule has 0 saturated carbocycles. The molecule has 1 aromatic rings. The Morgan fingerprint density at radius 2 is 1.80 bits per heavy atom. The molecule has 1 aliphatic rings. The number of anilines is 2. The van der Waals surface area contributed by atoms with Crippen LogP contribution in [0.4, 0.5) is 11.5 Å². The van der Waals surface area contributed by atoms with E-state index in [1.54, 1.807) is 6.20 Å². The zero-order chi connectivity index (χ0) is 22.1. The lowest BCUT2D eigenvalue weighted by atomic mass is 10.1. The molecule has 0 aliphatic carbocycles. The Hall–Kier alpha value is -2.15. The zero-order valence-electron chi connectivity index (χ0n) is 19.3. The predicted octanol–water partition coefficient (Wildman–Crippen LogP) is 3.37. The molecule has 0 aromatic carbocycles. The molecule has 0 radical (unpaired) electrons. The molecular weight excluding hydrogens is 378 g/mol. The van der Waals surface area contributed by atoms with Crippen molar-refractivity contribution in [1.29, 1.82) is 0 Å². The molecule has 7 nitrogen and oxygen atoms in total. The maximum absolute atomic E-state index is 13.3. The third kappa shape index (κ3) is 7.27. The second-order valence-corrected chi connectivity index (χ2v) is 8.98. The summed E-state index contributed by atoms with van der Waals surface area (Å²) >= 11 is 0. The van der Waals surface area contributed by atoms with Gasteiger partial charge in [-0.15, -0.1) is 0 Å². The largest absolute Gasteiger partial charge is 0.352 e. The number of unbranched alkanes of at least 4 members (excludes halogenated alkanes) is 1. The Balaban J connectivity index is 2.31. The van der Waals surface area contributed by atoms with E-state index in [1.807, 2.05) is 11.0 Å². The van der Waals surface area contributed by atoms with Crippen molar-refractivity contribution in [2.45, 2.75) is 53.9 Å². The van der Waals surface area contributed by atoms with Crippen molar-refractivity contribution < 1.29 is 9.59 Å². The number of hydrogen-bond acceptors (Lipinski definition) is 5. The van der Waals surface area contributed by atoms with Crippen molar-refractivity contribution in [2.24, 2.45) is 11.8 Å². The SMILES string of the molecule is CCCCC(=O)Nc1cc(C(=O)N(CC(C)C)CC(C)C)cnc1N1CCNCC1. The van der Waals surface area contributed by atoms with Gasteiger partial charge in [-0.2, -0.15) is 0 Å². The lowest BCUT2D eigenvalue weighted by Crippen LogP contribution is -2.44. The first kappa shape index (κ1) is 24.1. The number of carbonyl (C=O) groups excluding carboxylic acids is 2. The van der Waals surface area contributed by atoms with Crippen LogP contribution in [-0.4, -0.2) is 61.0 Å². The van der Waals surface area contributed by atoms with E-state index in [0.717, 1.165) is 44.8 Å². The van der Waals surface area contributed by atoms with Crippen LogP contribution in [0.15, 0.2) is 12.3 Å². The first-order valence-electron chi connectivity index (χ1n) is 11.4. The molecule has 2 rings (SSSR count). The van der Waals surface area contributed by atoms with Crippen molar-refractivity contribution >= 4 is 23.3 Å². The molecule has 1 fully saturated rings. The Morgan fingerprint density at radius 3 is 2.37 bits per heavy atom. The van der Waals surface area contributed by atoms with Gasteiger partial charge in [-0.1, -0.05) is 41.0 Å². The van der Waals surface area contributed by atoms with E-state index in [9.17, 15) is 9.59 Å². The first-order chi connectivity index (χ1) is 14.3. The minimum Gasteiger partial charge on any atom is -0.352 e. The molecule has 2 N–H and O–H groups in total. The molecule has 1 aromatic heterocycles. The molecule has 0 spiro atoms. The van der Waals surface area contributed by atoms with Gasteiger partial charge in [0.05, 0.1) is 11.3 Å². The molecule has 2 heterocycles. The number of rotatable bonds is 10. The number of aromatic nitrogens is 1. The number of hydrogen-bond donors (Lipinski definition) is 2. The smallest absolute Gasteiger partial charge is 0.255 e. The number of carbonyl (C=O) groups is 2. The summed E-state index contributed by atoms with van der Waals surface area (Å²) in [6.45, 7) is 15.3. The molecule has 1 aliphatic heterocycles. The van der Waals surface area contributed by atoms with E-state index in [4.69, 9.17) is 0 Å². The third-order valence-electron chi connectivity index (χ3n) is 5.02. The van der Waals surface area contributed by atoms with Crippen molar-refractivity contribution in [1.82, 2.24) is 15.2 Å². The van der Waals surface area contributed by atoms with Crippen LogP contribution in [0.3, 0.4) is 0 Å². The summed E-state index contributed by atoms with van der Waals surface area (Å²) in [6, 6.07) is 1.81. The van der Waals surface area contributed by atoms with Gasteiger partial charge in [0.25, 0.3) is 5.91 Å². The van der Waals surface area contributed by atoms with Gasteiger partial charge in [0, 0.05) is 51.9 Å². The van der Waals surface area contributed by atoms with E-state index in [0.29, 0.717) is 42.6 Å². The fraction of sp³-hybridized carbons (Fsp3) is 0.696. The maximum Gasteiger partial charge on any atom is 0.255 e. The van der Waals surface area contributed by atoms with Crippen LogP contribution >= 0.6 is 0 Å². The Bertz CT molecular complexity index is 689. The van der Waals surface area contributed by atoms with Crippen LogP contribution in [-0.2, 0) is 4.79 Å². The molecule has 1 saturated heterocycles. The Morgan fingerprint density at radius 1 is 1.17 bits per heavy atom. The number of amides is 2. The highest BCUT2D eigenvalue weighted by molar-refractivity contribution is 5.99. The Labute approximate surface area is 181 Å². The van der Waals surface area contributed by atoms with Crippen LogP contribution < -0.4 is 15.5 Å². The van der Waals surface area contributed by atoms with Gasteiger partial charge >= 0.3 is 0 Å². The minimum absolute atomic E-state index is 0.0270. The lowest BCUT2D eigenvalue weighted by molar-refractivity contribution is -0.116. The van der Waals surface area contributed by atoms with Crippen molar-refractivity contribution in [3.63, 3.8) is 0 Å². The molecule has 0 atom stereocenters. The number of pyridine rings is 1. The average molecular weight is 418 g/mol. The highest BCUT2D eigenvalue weighted by atomic mass is 16.2. The van der Waals surface area contributed by atoms with Crippen LogP contribution in [0.1, 0.15) is 64.2 Å². The summed E-state index contributed by atoms with van der Waals surface area (Å²) in [6.07, 6.45) is 3.95. The molecule has 30 heavy (non-hydrogen) atoms. The quantitative estimate of drug-likeness (QED) is 0.610. The lowest BCUT2D eigenvalue weighted by Gasteiger charge is -2.31. The number of nitrogens with zero attached hydrogens (tertiary/aromatic N) is 3. The van der Waals surface area contributed by atoms with Crippen molar-refractivity contribution in [2.75, 3.05) is 49.5 Å². The standard InChI is InChI=1S/C23H39N5O2/c1-6-7-8-21(29)26-20-13-19(14-25-22(20)27-11-9-24-10-12-27)23(30)28(15-17(2)3)16-18(4)5/h13-14,17-18,24H,6-12,15-16H2,1-5H3,(H,26,29). The molecule has 2 amide bonds. The monoisotopic (exact) mass is 417 g/mol. The first-order valence-corrected chi connectivity index (χ1v) is 11.4. The summed E-state index contributed by atoms with van der Waals surface area (Å²) in [4.78, 5) is 34.4. The van der Waals surface area contributed by atoms with Gasteiger partial charge in [0.1, 0.15) is 0 Å². The molecular formula is C23H39N5O2. The van der Waals surface area contributed by atoms with Gasteiger partial charge in [-0.25, -0.2) is 4.98 Å². The van der Waals surface area contributed by atoms with Crippen molar-refractivity contribution in [3.8, 4) is 0 Å². The summed E-state index contributed by atoms with van der Waals surface area (Å²) in [5.41, 5.74) is 1.17. The van der Waals surface area contributed by atoms with Gasteiger partial charge < -0.3 is 20.4 Å². The van der Waals surface area contributed by atoms with Crippen LogP contribution in [0.5, 0.6) is 0 Å². The van der Waals surface area contributed by atoms with Gasteiger partial charge in [-0.05, 0) is 24.3 Å². The second-order valence-electron chi connectivity index (χ2n) is 8.98. The highest BCUT2D eigenvalue weighted by Gasteiger charge is 2.22. The third-order valence-corrected chi connectivity index (χ3v) is 5.02. The van der Waals surface area contributed by atoms with E-state index in [1.165, 1.54) is 0 Å². The van der Waals surface area contributed by atoms with Crippen LogP contribution in [0.25, 0.3) is 0 Å². The van der Waals surface area contributed by atoms with E-state index >= 15 is 0 Å². The summed E-state index contributed by atoms with van der Waals surface area (Å²) in [5.74, 6) is 1.46. The predicted molar refractivity (Wildman–Crippen MR) is 123 cm³/mol. The van der Waals surface area contributed by atoms with Crippen molar-refractivity contribution in [3.05, 3.63) is 17.8 Å². The highest BCUT2D eigenvalue weighted by Crippen LogP contribution is 2.26. The molecule has 168 valence electrons. The summed E-state index contributed by atoms with van der Waals surface area (Å²) < 4.78 is 0. The Kier molecular flexibility index (Phi) is 9.56. The number of piperazine rings is 1. The maximum atomic E-state index is 13.3. The topological polar surface area (TPSA) is 77.6 Å². The molecule has 7 heteroatoms. The van der Waals surface area contributed by atoms with Gasteiger partial charge in [0.2, 0.25) is 5.91 Å². The van der Waals surface area contributed by atoms with Gasteiger partial charge in [0.15, 0.2) is 5.82 Å². The molecule has 0 bridgehead atoms. The summed E-state index contributed by atoms with van der Waals surface area (Å²) in [7, 11) is 0. The minimum atomic E-state index is -0.0270. The van der Waals surface area contributed by atoms with Crippen LogP contribution in [0, 0.1) is 11.8 Å². The normalized spacial score (nSPS) is 14.3.